The molecule has 0 spiro atoms. The van der Waals surface area contributed by atoms with Crippen LogP contribution in [0.25, 0.3) is 0 Å². The minimum absolute atomic E-state index is 0.126. The lowest BCUT2D eigenvalue weighted by Crippen LogP contribution is -2.16. The number of carbonyl (C=O) groups excluding carboxylic acids is 1. The number of rotatable bonds is 4. The number of hydrogen-bond donors (Lipinski definition) is 1. The highest BCUT2D eigenvalue weighted by Crippen LogP contribution is 2.28. The van der Waals surface area contributed by atoms with Crippen molar-refractivity contribution in [3.63, 3.8) is 0 Å². The zero-order valence-corrected chi connectivity index (χ0v) is 9.95. The second-order valence-corrected chi connectivity index (χ2v) is 3.69. The summed E-state index contributed by atoms with van der Waals surface area (Å²) in [5.74, 6) is 0.195. The topological polar surface area (TPSA) is 61.5 Å². The maximum absolute atomic E-state index is 11.1. The fourth-order valence-electron chi connectivity index (χ4n) is 1.29. The van der Waals surface area contributed by atoms with Gasteiger partial charge in [-0.1, -0.05) is 17.7 Å². The first-order valence-corrected chi connectivity index (χ1v) is 5.12. The summed E-state index contributed by atoms with van der Waals surface area (Å²) in [6.45, 7) is 0. The first-order valence-electron chi connectivity index (χ1n) is 4.74. The fourth-order valence-corrected chi connectivity index (χ4v) is 1.48. The van der Waals surface area contributed by atoms with E-state index in [1.165, 1.54) is 14.2 Å². The lowest BCUT2D eigenvalue weighted by Gasteiger charge is -2.12. The van der Waals surface area contributed by atoms with Gasteiger partial charge in [-0.05, 0) is 17.7 Å². The summed E-state index contributed by atoms with van der Waals surface area (Å²) in [7, 11) is 2.86. The van der Waals surface area contributed by atoms with Gasteiger partial charge in [0.05, 0.1) is 25.7 Å². The van der Waals surface area contributed by atoms with Crippen molar-refractivity contribution in [1.82, 2.24) is 0 Å². The van der Waals surface area contributed by atoms with E-state index < -0.39 is 6.04 Å². The monoisotopic (exact) mass is 243 g/mol. The van der Waals surface area contributed by atoms with Crippen LogP contribution >= 0.6 is 11.6 Å². The smallest absolute Gasteiger partial charge is 0.307 e. The van der Waals surface area contributed by atoms with E-state index in [2.05, 4.69) is 4.74 Å². The molecule has 0 radical (unpaired) electrons. The minimum Gasteiger partial charge on any atom is -0.495 e. The van der Waals surface area contributed by atoms with Crippen molar-refractivity contribution in [2.75, 3.05) is 14.2 Å². The average Bonchev–Trinajstić information content (AvgIpc) is 2.29. The summed E-state index contributed by atoms with van der Waals surface area (Å²) in [5, 5.41) is 0.511. The summed E-state index contributed by atoms with van der Waals surface area (Å²) < 4.78 is 9.61. The van der Waals surface area contributed by atoms with Crippen LogP contribution in [0.15, 0.2) is 18.2 Å². The maximum atomic E-state index is 11.1. The number of nitrogens with two attached hydrogens (primary N) is 1. The summed E-state index contributed by atoms with van der Waals surface area (Å²) in [4.78, 5) is 11.1. The van der Waals surface area contributed by atoms with Crippen molar-refractivity contribution in [2.24, 2.45) is 5.73 Å². The largest absolute Gasteiger partial charge is 0.495 e. The zero-order chi connectivity index (χ0) is 12.1. The van der Waals surface area contributed by atoms with E-state index in [-0.39, 0.29) is 12.4 Å². The molecule has 0 amide bonds. The predicted octanol–water partition coefficient (Wildman–Crippen LogP) is 1.91. The highest BCUT2D eigenvalue weighted by molar-refractivity contribution is 6.32. The van der Waals surface area contributed by atoms with Crippen LogP contribution in [0, 0.1) is 0 Å². The van der Waals surface area contributed by atoms with Crippen LogP contribution in [0.5, 0.6) is 5.75 Å². The lowest BCUT2D eigenvalue weighted by atomic mass is 10.0. The van der Waals surface area contributed by atoms with Gasteiger partial charge in [0, 0.05) is 6.04 Å². The second kappa shape index (κ2) is 5.72. The standard InChI is InChI=1S/C11H14ClNO3/c1-15-10-5-7(3-4-8(10)12)9(13)6-11(14)16-2/h3-5,9H,6,13H2,1-2H3/t9-/m0/s1. The van der Waals surface area contributed by atoms with Crippen molar-refractivity contribution < 1.29 is 14.3 Å². The lowest BCUT2D eigenvalue weighted by molar-refractivity contribution is -0.141. The van der Waals surface area contributed by atoms with Crippen molar-refractivity contribution in [1.29, 1.82) is 0 Å². The Bertz CT molecular complexity index is 381. The molecular weight excluding hydrogens is 230 g/mol. The third-order valence-corrected chi connectivity index (χ3v) is 2.53. The summed E-state index contributed by atoms with van der Waals surface area (Å²) in [6.07, 6.45) is 0.126. The Labute approximate surface area is 99.3 Å². The van der Waals surface area contributed by atoms with Gasteiger partial charge in [0.2, 0.25) is 0 Å². The molecule has 1 rings (SSSR count). The molecule has 0 unspecified atom stereocenters. The molecule has 88 valence electrons. The van der Waals surface area contributed by atoms with Crippen LogP contribution in [-0.2, 0) is 9.53 Å². The molecule has 0 heterocycles. The Morgan fingerprint density at radius 2 is 2.19 bits per heavy atom. The maximum Gasteiger partial charge on any atom is 0.307 e. The Hall–Kier alpha value is -1.26. The van der Waals surface area contributed by atoms with Crippen LogP contribution < -0.4 is 10.5 Å². The summed E-state index contributed by atoms with van der Waals surface area (Å²) in [5.41, 5.74) is 6.63. The van der Waals surface area contributed by atoms with E-state index in [0.717, 1.165) is 5.56 Å². The van der Waals surface area contributed by atoms with Crippen LogP contribution in [0.3, 0.4) is 0 Å². The first-order chi connectivity index (χ1) is 7.58. The molecule has 1 atom stereocenters. The van der Waals surface area contributed by atoms with Gasteiger partial charge in [0.15, 0.2) is 0 Å². The molecule has 0 saturated heterocycles. The Kier molecular flexibility index (Phi) is 4.58. The number of halogens is 1. The molecule has 2 N–H and O–H groups in total. The van der Waals surface area contributed by atoms with Gasteiger partial charge < -0.3 is 15.2 Å². The molecule has 1 aromatic rings. The summed E-state index contributed by atoms with van der Waals surface area (Å²) >= 11 is 5.88. The van der Waals surface area contributed by atoms with Gasteiger partial charge in [-0.2, -0.15) is 0 Å². The van der Waals surface area contributed by atoms with E-state index in [9.17, 15) is 4.79 Å². The van der Waals surface area contributed by atoms with E-state index in [1.54, 1.807) is 18.2 Å². The molecule has 0 aliphatic carbocycles. The highest BCUT2D eigenvalue weighted by Gasteiger charge is 2.13. The Balaban J connectivity index is 2.83. The second-order valence-electron chi connectivity index (χ2n) is 3.28. The number of methoxy groups -OCH3 is 2. The fraction of sp³-hybridized carbons (Fsp3) is 0.364. The molecule has 0 aliphatic rings. The van der Waals surface area contributed by atoms with Gasteiger partial charge in [-0.3, -0.25) is 4.79 Å². The average molecular weight is 244 g/mol. The number of ether oxygens (including phenoxy) is 2. The molecule has 16 heavy (non-hydrogen) atoms. The number of esters is 1. The van der Waals surface area contributed by atoms with Crippen molar-refractivity contribution in [3.05, 3.63) is 28.8 Å². The van der Waals surface area contributed by atoms with Crippen molar-refractivity contribution in [2.45, 2.75) is 12.5 Å². The van der Waals surface area contributed by atoms with E-state index in [4.69, 9.17) is 22.1 Å². The molecule has 0 aromatic heterocycles. The highest BCUT2D eigenvalue weighted by atomic mass is 35.5. The first kappa shape index (κ1) is 12.8. The molecule has 0 aliphatic heterocycles. The molecule has 0 bridgehead atoms. The third kappa shape index (κ3) is 3.12. The molecule has 5 heteroatoms. The normalized spacial score (nSPS) is 12.0. The van der Waals surface area contributed by atoms with Crippen LogP contribution in [0.1, 0.15) is 18.0 Å². The van der Waals surface area contributed by atoms with Gasteiger partial charge in [0.25, 0.3) is 0 Å². The number of benzene rings is 1. The van der Waals surface area contributed by atoms with E-state index >= 15 is 0 Å². The predicted molar refractivity (Wildman–Crippen MR) is 61.6 cm³/mol. The van der Waals surface area contributed by atoms with Gasteiger partial charge in [0.1, 0.15) is 5.75 Å². The SMILES string of the molecule is COC(=O)C[C@H](N)c1ccc(Cl)c(OC)c1. The molecule has 0 fully saturated rings. The number of carbonyl (C=O) groups is 1. The summed E-state index contributed by atoms with van der Waals surface area (Å²) in [6, 6.07) is 4.75. The van der Waals surface area contributed by atoms with Gasteiger partial charge in [-0.25, -0.2) is 0 Å². The number of hydrogen-bond acceptors (Lipinski definition) is 4. The van der Waals surface area contributed by atoms with Crippen LogP contribution in [0.2, 0.25) is 5.02 Å². The van der Waals surface area contributed by atoms with Crippen LogP contribution in [-0.4, -0.2) is 20.2 Å². The third-order valence-electron chi connectivity index (χ3n) is 2.22. The quantitative estimate of drug-likeness (QED) is 0.821. The van der Waals surface area contributed by atoms with Crippen molar-refractivity contribution in [3.8, 4) is 5.75 Å². The van der Waals surface area contributed by atoms with Gasteiger partial charge >= 0.3 is 5.97 Å². The van der Waals surface area contributed by atoms with Crippen LogP contribution in [0.4, 0.5) is 0 Å². The van der Waals surface area contributed by atoms with E-state index in [1.807, 2.05) is 0 Å². The van der Waals surface area contributed by atoms with Crippen molar-refractivity contribution >= 4 is 17.6 Å². The Morgan fingerprint density at radius 1 is 1.50 bits per heavy atom. The molecule has 4 nitrogen and oxygen atoms in total. The van der Waals surface area contributed by atoms with Gasteiger partial charge in [-0.15, -0.1) is 0 Å². The molecule has 1 aromatic carbocycles. The zero-order valence-electron chi connectivity index (χ0n) is 9.20. The Morgan fingerprint density at radius 3 is 2.75 bits per heavy atom. The minimum atomic E-state index is -0.418. The van der Waals surface area contributed by atoms with E-state index in [0.29, 0.717) is 10.8 Å². The molecule has 0 saturated carbocycles. The molecular formula is C11H14ClNO3.